The third-order valence-electron chi connectivity index (χ3n) is 4.09. The smallest absolute Gasteiger partial charge is 0.246 e. The molecule has 1 amide bonds. The number of thioether (sulfide) groups is 1. The van der Waals surface area contributed by atoms with Crippen molar-refractivity contribution in [1.82, 2.24) is 4.90 Å². The lowest BCUT2D eigenvalue weighted by atomic mass is 10.1. The average molecular weight is 372 g/mol. The van der Waals surface area contributed by atoms with Gasteiger partial charge in [0, 0.05) is 24.6 Å². The molecule has 26 heavy (non-hydrogen) atoms. The van der Waals surface area contributed by atoms with E-state index < -0.39 is 0 Å². The molecule has 2 aromatic carbocycles. The summed E-state index contributed by atoms with van der Waals surface area (Å²) in [6.45, 7) is 0.629. The molecule has 0 radical (unpaired) electrons. The summed E-state index contributed by atoms with van der Waals surface area (Å²) >= 11 is 1.70. The van der Waals surface area contributed by atoms with Crippen molar-refractivity contribution < 1.29 is 14.3 Å². The molecule has 0 aliphatic carbocycles. The summed E-state index contributed by atoms with van der Waals surface area (Å²) in [5, 5.41) is 0. The Labute approximate surface area is 159 Å². The van der Waals surface area contributed by atoms with Crippen molar-refractivity contribution in [3.8, 4) is 11.5 Å². The maximum Gasteiger partial charge on any atom is 0.246 e. The van der Waals surface area contributed by atoms with Crippen LogP contribution in [0.1, 0.15) is 11.1 Å². The van der Waals surface area contributed by atoms with Gasteiger partial charge in [0.05, 0.1) is 14.2 Å². The number of benzene rings is 2. The summed E-state index contributed by atoms with van der Waals surface area (Å²) < 4.78 is 10.6. The summed E-state index contributed by atoms with van der Waals surface area (Å²) in [4.78, 5) is 15.2. The number of amides is 1. The number of rotatable bonds is 8. The van der Waals surface area contributed by atoms with E-state index >= 15 is 0 Å². The van der Waals surface area contributed by atoms with Crippen LogP contribution in [0.5, 0.6) is 11.5 Å². The molecule has 0 atom stereocenters. The van der Waals surface area contributed by atoms with Gasteiger partial charge in [-0.1, -0.05) is 18.2 Å². The molecule has 0 fully saturated rings. The predicted molar refractivity (Wildman–Crippen MR) is 108 cm³/mol. The Bertz CT molecular complexity index is 756. The number of methoxy groups -OCH3 is 2. The van der Waals surface area contributed by atoms with Crippen molar-refractivity contribution in [2.24, 2.45) is 0 Å². The van der Waals surface area contributed by atoms with Crippen LogP contribution in [0.15, 0.2) is 53.4 Å². The maximum atomic E-state index is 12.3. The Morgan fingerprint density at radius 2 is 1.77 bits per heavy atom. The number of hydrogen-bond donors (Lipinski definition) is 0. The molecule has 0 saturated carbocycles. The number of carbonyl (C=O) groups excluding carboxylic acids is 1. The van der Waals surface area contributed by atoms with Gasteiger partial charge in [-0.05, 0) is 54.1 Å². The van der Waals surface area contributed by atoms with Crippen LogP contribution in [-0.4, -0.2) is 44.9 Å². The summed E-state index contributed by atoms with van der Waals surface area (Å²) in [6, 6.07) is 13.9. The Hall–Kier alpha value is -2.40. The first-order chi connectivity index (χ1) is 12.6. The zero-order valence-electron chi connectivity index (χ0n) is 15.7. The number of nitrogens with zero attached hydrogens (tertiary/aromatic N) is 1. The van der Waals surface area contributed by atoms with Gasteiger partial charge < -0.3 is 14.4 Å². The zero-order valence-corrected chi connectivity index (χ0v) is 16.5. The highest BCUT2D eigenvalue weighted by Gasteiger charge is 2.08. The van der Waals surface area contributed by atoms with Gasteiger partial charge in [-0.3, -0.25) is 4.79 Å². The highest BCUT2D eigenvalue weighted by atomic mass is 32.2. The van der Waals surface area contributed by atoms with Crippen molar-refractivity contribution in [1.29, 1.82) is 0 Å². The molecule has 0 unspecified atom stereocenters. The molecule has 0 aliphatic rings. The van der Waals surface area contributed by atoms with Gasteiger partial charge in [0.1, 0.15) is 0 Å². The van der Waals surface area contributed by atoms with Gasteiger partial charge in [-0.2, -0.15) is 0 Å². The van der Waals surface area contributed by atoms with E-state index in [0.29, 0.717) is 18.0 Å². The summed E-state index contributed by atoms with van der Waals surface area (Å²) in [5.41, 5.74) is 2.11. The second-order valence-corrected chi connectivity index (χ2v) is 6.69. The molecule has 0 saturated heterocycles. The Morgan fingerprint density at radius 3 is 2.38 bits per heavy atom. The lowest BCUT2D eigenvalue weighted by Gasteiger charge is -2.16. The van der Waals surface area contributed by atoms with Crippen LogP contribution in [0, 0.1) is 0 Å². The summed E-state index contributed by atoms with van der Waals surface area (Å²) in [6.07, 6.45) is 6.25. The van der Waals surface area contributed by atoms with Crippen LogP contribution in [0.4, 0.5) is 0 Å². The Balaban J connectivity index is 1.91. The van der Waals surface area contributed by atoms with E-state index in [-0.39, 0.29) is 5.91 Å². The quantitative estimate of drug-likeness (QED) is 0.516. The van der Waals surface area contributed by atoms with E-state index in [4.69, 9.17) is 9.47 Å². The fraction of sp³-hybridized carbons (Fsp3) is 0.286. The standard InChI is InChI=1S/C21H25NO3S/c1-22(14-13-17-7-11-19(24-2)20(15-17)25-3)21(23)12-8-16-5-9-18(26-4)10-6-16/h5-12,15H,13-14H2,1-4H3. The minimum Gasteiger partial charge on any atom is -0.493 e. The first-order valence-corrected chi connectivity index (χ1v) is 9.58. The largest absolute Gasteiger partial charge is 0.493 e. The summed E-state index contributed by atoms with van der Waals surface area (Å²) in [7, 11) is 5.04. The third-order valence-corrected chi connectivity index (χ3v) is 4.84. The molecule has 4 nitrogen and oxygen atoms in total. The summed E-state index contributed by atoms with van der Waals surface area (Å²) in [5.74, 6) is 1.39. The van der Waals surface area contributed by atoms with Crippen molar-refractivity contribution in [2.45, 2.75) is 11.3 Å². The second kappa shape index (κ2) is 9.92. The number of ether oxygens (including phenoxy) is 2. The van der Waals surface area contributed by atoms with Gasteiger partial charge in [0.25, 0.3) is 0 Å². The fourth-order valence-electron chi connectivity index (χ4n) is 2.45. The highest BCUT2D eigenvalue weighted by Crippen LogP contribution is 2.27. The minimum absolute atomic E-state index is 0.0144. The first kappa shape index (κ1) is 19.9. The van der Waals surface area contributed by atoms with Crippen LogP contribution in [0.3, 0.4) is 0 Å². The zero-order chi connectivity index (χ0) is 18.9. The van der Waals surface area contributed by atoms with Crippen molar-refractivity contribution >= 4 is 23.7 Å². The molecule has 0 N–H and O–H groups in total. The van der Waals surface area contributed by atoms with Crippen molar-refractivity contribution in [2.75, 3.05) is 34.1 Å². The molecule has 0 spiro atoms. The molecular formula is C21H25NO3S. The van der Waals surface area contributed by atoms with Crippen molar-refractivity contribution in [3.05, 3.63) is 59.7 Å². The Morgan fingerprint density at radius 1 is 1.08 bits per heavy atom. The molecule has 138 valence electrons. The lowest BCUT2D eigenvalue weighted by molar-refractivity contribution is -0.124. The van der Waals surface area contributed by atoms with E-state index in [2.05, 4.69) is 12.1 Å². The van der Waals surface area contributed by atoms with Gasteiger partial charge in [0.15, 0.2) is 11.5 Å². The van der Waals surface area contributed by atoms with Crippen LogP contribution >= 0.6 is 11.8 Å². The molecule has 5 heteroatoms. The van der Waals surface area contributed by atoms with Gasteiger partial charge in [-0.15, -0.1) is 11.8 Å². The van der Waals surface area contributed by atoms with Crippen LogP contribution in [0.2, 0.25) is 0 Å². The molecule has 0 heterocycles. The van der Waals surface area contributed by atoms with Crippen LogP contribution in [-0.2, 0) is 11.2 Å². The average Bonchev–Trinajstić information content (AvgIpc) is 2.70. The third kappa shape index (κ3) is 5.56. The molecule has 0 aliphatic heterocycles. The van der Waals surface area contributed by atoms with Gasteiger partial charge in [0.2, 0.25) is 5.91 Å². The number of likely N-dealkylation sites (N-methyl/N-ethyl adjacent to an activating group) is 1. The van der Waals surface area contributed by atoms with Crippen LogP contribution in [0.25, 0.3) is 6.08 Å². The number of hydrogen-bond acceptors (Lipinski definition) is 4. The maximum absolute atomic E-state index is 12.3. The van der Waals surface area contributed by atoms with Crippen LogP contribution < -0.4 is 9.47 Å². The van der Waals surface area contributed by atoms with Gasteiger partial charge >= 0.3 is 0 Å². The lowest BCUT2D eigenvalue weighted by Crippen LogP contribution is -2.27. The molecular weight excluding hydrogens is 346 g/mol. The van der Waals surface area contributed by atoms with E-state index in [1.807, 2.05) is 49.7 Å². The first-order valence-electron chi connectivity index (χ1n) is 8.35. The van der Waals surface area contributed by atoms with E-state index in [1.165, 1.54) is 4.90 Å². The predicted octanol–water partition coefficient (Wildman–Crippen LogP) is 4.14. The van der Waals surface area contributed by atoms with Gasteiger partial charge in [-0.25, -0.2) is 0 Å². The molecule has 0 bridgehead atoms. The topological polar surface area (TPSA) is 38.8 Å². The van der Waals surface area contributed by atoms with E-state index in [0.717, 1.165) is 17.5 Å². The second-order valence-electron chi connectivity index (χ2n) is 5.81. The SMILES string of the molecule is COc1ccc(CCN(C)C(=O)C=Cc2ccc(SC)cc2)cc1OC. The van der Waals surface area contributed by atoms with E-state index in [9.17, 15) is 4.79 Å². The molecule has 0 aromatic heterocycles. The number of carbonyl (C=O) groups is 1. The van der Waals surface area contributed by atoms with E-state index in [1.54, 1.807) is 37.0 Å². The highest BCUT2D eigenvalue weighted by molar-refractivity contribution is 7.98. The monoisotopic (exact) mass is 371 g/mol. The minimum atomic E-state index is -0.0144. The normalized spacial score (nSPS) is 10.8. The Kier molecular flexibility index (Phi) is 7.60. The molecule has 2 rings (SSSR count). The molecule has 2 aromatic rings. The van der Waals surface area contributed by atoms with Crippen molar-refractivity contribution in [3.63, 3.8) is 0 Å². The fourth-order valence-corrected chi connectivity index (χ4v) is 2.86.